The zero-order valence-electron chi connectivity index (χ0n) is 7.45. The average molecular weight is 190 g/mol. The summed E-state index contributed by atoms with van der Waals surface area (Å²) in [6.45, 7) is 0.343. The Morgan fingerprint density at radius 2 is 2.29 bits per heavy atom. The van der Waals surface area contributed by atoms with Gasteiger partial charge in [-0.25, -0.2) is 4.79 Å². The lowest BCUT2D eigenvalue weighted by Gasteiger charge is -2.00. The van der Waals surface area contributed by atoms with Gasteiger partial charge in [-0.3, -0.25) is 0 Å². The number of carbonyl (C=O) groups is 1. The molecule has 4 heteroatoms. The Kier molecular flexibility index (Phi) is 1.98. The molecule has 0 aliphatic rings. The maximum absolute atomic E-state index is 10.9. The molecule has 0 aliphatic carbocycles. The van der Waals surface area contributed by atoms with E-state index < -0.39 is 5.97 Å². The Bertz CT molecular complexity index is 488. The summed E-state index contributed by atoms with van der Waals surface area (Å²) in [7, 11) is 0. The molecule has 0 amide bonds. The van der Waals surface area contributed by atoms with Crippen LogP contribution >= 0.6 is 0 Å². The van der Waals surface area contributed by atoms with Crippen LogP contribution in [0.2, 0.25) is 0 Å². The van der Waals surface area contributed by atoms with E-state index in [9.17, 15) is 4.79 Å². The van der Waals surface area contributed by atoms with Crippen LogP contribution in [0, 0.1) is 0 Å². The Morgan fingerprint density at radius 1 is 1.50 bits per heavy atom. The molecule has 1 aromatic carbocycles. The quantitative estimate of drug-likeness (QED) is 0.668. The molecule has 0 atom stereocenters. The molecular weight excluding hydrogens is 180 g/mol. The maximum Gasteiger partial charge on any atom is 0.337 e. The Balaban J connectivity index is 2.81. The zero-order chi connectivity index (χ0) is 10.1. The second kappa shape index (κ2) is 3.16. The Labute approximate surface area is 80.3 Å². The first-order valence-electron chi connectivity index (χ1n) is 4.26. The van der Waals surface area contributed by atoms with Gasteiger partial charge < -0.3 is 15.8 Å². The molecule has 2 rings (SSSR count). The number of nitrogens with two attached hydrogens (primary N) is 1. The molecule has 72 valence electrons. The summed E-state index contributed by atoms with van der Waals surface area (Å²) in [5.74, 6) is -0.933. The summed E-state index contributed by atoms with van der Waals surface area (Å²) in [5, 5.41) is 9.64. The van der Waals surface area contributed by atoms with Crippen molar-refractivity contribution >= 4 is 16.9 Å². The van der Waals surface area contributed by atoms with Crippen LogP contribution in [-0.2, 0) is 6.54 Å². The molecule has 14 heavy (non-hydrogen) atoms. The van der Waals surface area contributed by atoms with Crippen LogP contribution in [0.4, 0.5) is 0 Å². The van der Waals surface area contributed by atoms with E-state index >= 15 is 0 Å². The zero-order valence-corrected chi connectivity index (χ0v) is 7.45. The first-order valence-corrected chi connectivity index (χ1v) is 4.26. The van der Waals surface area contributed by atoms with Crippen LogP contribution in [0.15, 0.2) is 24.4 Å². The molecule has 0 fully saturated rings. The predicted molar refractivity (Wildman–Crippen MR) is 53.1 cm³/mol. The molecule has 4 nitrogen and oxygen atoms in total. The average Bonchev–Trinajstić information content (AvgIpc) is 2.60. The van der Waals surface area contributed by atoms with E-state index in [0.29, 0.717) is 11.9 Å². The van der Waals surface area contributed by atoms with Crippen LogP contribution in [0.5, 0.6) is 0 Å². The highest BCUT2D eigenvalue weighted by Crippen LogP contribution is 2.22. The fourth-order valence-electron chi connectivity index (χ4n) is 1.60. The molecule has 0 radical (unpaired) electrons. The minimum absolute atomic E-state index is 0.279. The van der Waals surface area contributed by atoms with Gasteiger partial charge in [0.2, 0.25) is 0 Å². The van der Waals surface area contributed by atoms with Gasteiger partial charge in [-0.1, -0.05) is 12.1 Å². The minimum Gasteiger partial charge on any atom is -0.478 e. The standard InChI is InChI=1S/C10H10N2O2/c11-4-6-2-1-3-8-9(6)7(5-12-8)10(13)14/h1-3,5,12H,4,11H2,(H,13,14). The summed E-state index contributed by atoms with van der Waals surface area (Å²) in [5.41, 5.74) is 7.47. The third kappa shape index (κ3) is 1.16. The number of aromatic nitrogens is 1. The van der Waals surface area contributed by atoms with Crippen molar-refractivity contribution in [2.45, 2.75) is 6.54 Å². The van der Waals surface area contributed by atoms with Gasteiger partial charge in [0, 0.05) is 23.6 Å². The van der Waals surface area contributed by atoms with Gasteiger partial charge in [0.25, 0.3) is 0 Å². The smallest absolute Gasteiger partial charge is 0.337 e. The molecule has 0 aliphatic heterocycles. The van der Waals surface area contributed by atoms with E-state index in [1.54, 1.807) is 0 Å². The van der Waals surface area contributed by atoms with Gasteiger partial charge in [0.15, 0.2) is 0 Å². The second-order valence-electron chi connectivity index (χ2n) is 3.05. The number of benzene rings is 1. The highest BCUT2D eigenvalue weighted by molar-refractivity contribution is 6.04. The number of carboxylic acids is 1. The van der Waals surface area contributed by atoms with Crippen molar-refractivity contribution in [1.29, 1.82) is 0 Å². The molecule has 0 bridgehead atoms. The van der Waals surface area contributed by atoms with E-state index in [4.69, 9.17) is 10.8 Å². The number of hydrogen-bond acceptors (Lipinski definition) is 2. The first kappa shape index (κ1) is 8.77. The minimum atomic E-state index is -0.933. The SMILES string of the molecule is NCc1cccc2[nH]cc(C(=O)O)c12. The van der Waals surface area contributed by atoms with E-state index in [-0.39, 0.29) is 5.56 Å². The maximum atomic E-state index is 10.9. The molecule has 4 N–H and O–H groups in total. The largest absolute Gasteiger partial charge is 0.478 e. The van der Waals surface area contributed by atoms with E-state index in [1.807, 2.05) is 18.2 Å². The monoisotopic (exact) mass is 190 g/mol. The van der Waals surface area contributed by atoms with Crippen molar-refractivity contribution in [3.63, 3.8) is 0 Å². The highest BCUT2D eigenvalue weighted by atomic mass is 16.4. The third-order valence-corrected chi connectivity index (χ3v) is 2.24. The van der Waals surface area contributed by atoms with Gasteiger partial charge in [-0.15, -0.1) is 0 Å². The lowest BCUT2D eigenvalue weighted by molar-refractivity contribution is 0.0699. The molecule has 0 saturated heterocycles. The van der Waals surface area contributed by atoms with Crippen molar-refractivity contribution in [3.05, 3.63) is 35.5 Å². The number of H-pyrrole nitrogens is 1. The van der Waals surface area contributed by atoms with Gasteiger partial charge >= 0.3 is 5.97 Å². The molecule has 0 spiro atoms. The summed E-state index contributed by atoms with van der Waals surface area (Å²) < 4.78 is 0. The fraction of sp³-hybridized carbons (Fsp3) is 0.100. The molecular formula is C10H10N2O2. The van der Waals surface area contributed by atoms with Crippen LogP contribution in [-0.4, -0.2) is 16.1 Å². The van der Waals surface area contributed by atoms with Crippen LogP contribution in [0.3, 0.4) is 0 Å². The second-order valence-corrected chi connectivity index (χ2v) is 3.05. The predicted octanol–water partition coefficient (Wildman–Crippen LogP) is 1.32. The van der Waals surface area contributed by atoms with Crippen LogP contribution in [0.25, 0.3) is 10.9 Å². The fourth-order valence-corrected chi connectivity index (χ4v) is 1.60. The topological polar surface area (TPSA) is 79.1 Å². The third-order valence-electron chi connectivity index (χ3n) is 2.24. The molecule has 1 aromatic heterocycles. The lowest BCUT2D eigenvalue weighted by Crippen LogP contribution is -2.00. The van der Waals surface area contributed by atoms with Gasteiger partial charge in [-0.2, -0.15) is 0 Å². The number of aromatic carboxylic acids is 1. The lowest BCUT2D eigenvalue weighted by atomic mass is 10.1. The number of aromatic amines is 1. The van der Waals surface area contributed by atoms with Gasteiger partial charge in [0.05, 0.1) is 5.56 Å². The summed E-state index contributed by atoms with van der Waals surface area (Å²) >= 11 is 0. The van der Waals surface area contributed by atoms with Crippen molar-refractivity contribution in [2.24, 2.45) is 5.73 Å². The van der Waals surface area contributed by atoms with E-state index in [1.165, 1.54) is 6.20 Å². The Morgan fingerprint density at radius 3 is 2.93 bits per heavy atom. The van der Waals surface area contributed by atoms with E-state index in [0.717, 1.165) is 11.1 Å². The normalized spacial score (nSPS) is 10.6. The van der Waals surface area contributed by atoms with Gasteiger partial charge in [-0.05, 0) is 11.6 Å². The Hall–Kier alpha value is -1.81. The molecule has 2 aromatic rings. The van der Waals surface area contributed by atoms with Crippen molar-refractivity contribution < 1.29 is 9.90 Å². The summed E-state index contributed by atoms with van der Waals surface area (Å²) in [6.07, 6.45) is 1.49. The van der Waals surface area contributed by atoms with Crippen molar-refractivity contribution in [2.75, 3.05) is 0 Å². The van der Waals surface area contributed by atoms with Crippen LogP contribution in [0.1, 0.15) is 15.9 Å². The van der Waals surface area contributed by atoms with Crippen molar-refractivity contribution in [1.82, 2.24) is 4.98 Å². The molecule has 0 unspecified atom stereocenters. The number of carboxylic acid groups (broad SMARTS) is 1. The van der Waals surface area contributed by atoms with Crippen LogP contribution < -0.4 is 5.73 Å². The van der Waals surface area contributed by atoms with E-state index in [2.05, 4.69) is 4.98 Å². The van der Waals surface area contributed by atoms with Gasteiger partial charge in [0.1, 0.15) is 0 Å². The first-order chi connectivity index (χ1) is 6.74. The number of fused-ring (bicyclic) bond motifs is 1. The summed E-state index contributed by atoms with van der Waals surface area (Å²) in [6, 6.07) is 5.52. The molecule has 0 saturated carbocycles. The molecule has 1 heterocycles. The number of nitrogens with one attached hydrogen (secondary N) is 1. The number of hydrogen-bond donors (Lipinski definition) is 3. The number of rotatable bonds is 2. The van der Waals surface area contributed by atoms with Crippen molar-refractivity contribution in [3.8, 4) is 0 Å². The summed E-state index contributed by atoms with van der Waals surface area (Å²) in [4.78, 5) is 13.8. The highest BCUT2D eigenvalue weighted by Gasteiger charge is 2.12.